The lowest BCUT2D eigenvalue weighted by Crippen LogP contribution is -2.37. The van der Waals surface area contributed by atoms with Crippen LogP contribution >= 0.6 is 0 Å². The van der Waals surface area contributed by atoms with Gasteiger partial charge >= 0.3 is 0 Å². The third-order valence-electron chi connectivity index (χ3n) is 3.28. The second-order valence-corrected chi connectivity index (χ2v) is 5.05. The minimum absolute atomic E-state index is 0.00869. The first-order valence-corrected chi connectivity index (χ1v) is 7.26. The van der Waals surface area contributed by atoms with Crippen molar-refractivity contribution in [2.24, 2.45) is 5.73 Å². The molecule has 0 aliphatic heterocycles. The van der Waals surface area contributed by atoms with Crippen LogP contribution < -0.4 is 11.1 Å². The van der Waals surface area contributed by atoms with Crippen molar-refractivity contribution in [3.63, 3.8) is 0 Å². The molecular weight excluding hydrogens is 262 g/mol. The highest BCUT2D eigenvalue weighted by Gasteiger charge is 2.09. The molecule has 1 aromatic heterocycles. The Kier molecular flexibility index (Phi) is 5.46. The third-order valence-corrected chi connectivity index (χ3v) is 3.28. The molecule has 3 N–H and O–H groups in total. The summed E-state index contributed by atoms with van der Waals surface area (Å²) in [6.07, 6.45) is 3.58. The largest absolute Gasteiger partial charge is 0.350 e. The Bertz CT molecular complexity index is 584. The van der Waals surface area contributed by atoms with Gasteiger partial charge in [0, 0.05) is 29.9 Å². The Labute approximate surface area is 125 Å². The first kappa shape index (κ1) is 15.2. The molecule has 0 spiro atoms. The summed E-state index contributed by atoms with van der Waals surface area (Å²) in [5.41, 5.74) is 8.30. The van der Waals surface area contributed by atoms with Crippen molar-refractivity contribution in [3.05, 3.63) is 54.2 Å². The molecule has 110 valence electrons. The highest BCUT2D eigenvalue weighted by atomic mass is 16.1. The van der Waals surface area contributed by atoms with Gasteiger partial charge in [0.25, 0.3) is 5.91 Å². The summed E-state index contributed by atoms with van der Waals surface area (Å²) in [6, 6.07) is 13.3. The molecule has 1 heterocycles. The van der Waals surface area contributed by atoms with Gasteiger partial charge < -0.3 is 11.1 Å². The number of hydrogen-bond donors (Lipinski definition) is 2. The molecular formula is C17H21N3O. The zero-order valence-corrected chi connectivity index (χ0v) is 12.3. The fourth-order valence-corrected chi connectivity index (χ4v) is 2.14. The Hall–Kier alpha value is -2.20. The van der Waals surface area contributed by atoms with Crippen LogP contribution in [0.2, 0.25) is 0 Å². The molecule has 2 rings (SSSR count). The molecule has 0 aliphatic rings. The minimum Gasteiger partial charge on any atom is -0.350 e. The molecule has 0 fully saturated rings. The van der Waals surface area contributed by atoms with Crippen molar-refractivity contribution >= 4 is 5.91 Å². The van der Waals surface area contributed by atoms with Gasteiger partial charge in [-0.05, 0) is 18.6 Å². The topological polar surface area (TPSA) is 68.0 Å². The lowest BCUT2D eigenvalue weighted by molar-refractivity contribution is 0.0950. The van der Waals surface area contributed by atoms with E-state index in [1.54, 1.807) is 18.3 Å². The summed E-state index contributed by atoms with van der Waals surface area (Å²) in [7, 11) is 0. The molecule has 2 aromatic rings. The summed E-state index contributed by atoms with van der Waals surface area (Å²) in [4.78, 5) is 16.5. The lowest BCUT2D eigenvalue weighted by atomic mass is 10.1. The summed E-state index contributed by atoms with van der Waals surface area (Å²) in [5, 5.41) is 2.87. The maximum atomic E-state index is 12.1. The summed E-state index contributed by atoms with van der Waals surface area (Å²) >= 11 is 0. The fraction of sp³-hybridized carbons (Fsp3) is 0.294. The van der Waals surface area contributed by atoms with E-state index in [-0.39, 0.29) is 11.9 Å². The standard InChI is InChI=1S/C17H21N3O/c1-2-6-15(18)12-20-17(21)14-9-10-19-16(11-14)13-7-4-3-5-8-13/h3-5,7-11,15H,2,6,12,18H2,1H3,(H,20,21). The van der Waals surface area contributed by atoms with Crippen LogP contribution in [0.3, 0.4) is 0 Å². The Morgan fingerprint density at radius 1 is 1.29 bits per heavy atom. The maximum absolute atomic E-state index is 12.1. The van der Waals surface area contributed by atoms with Crippen molar-refractivity contribution in [3.8, 4) is 11.3 Å². The molecule has 0 radical (unpaired) electrons. The molecule has 4 heteroatoms. The fourth-order valence-electron chi connectivity index (χ4n) is 2.14. The van der Waals surface area contributed by atoms with Gasteiger partial charge in [-0.1, -0.05) is 43.7 Å². The van der Waals surface area contributed by atoms with E-state index < -0.39 is 0 Å². The number of nitrogens with zero attached hydrogens (tertiary/aromatic N) is 1. The highest BCUT2D eigenvalue weighted by Crippen LogP contribution is 2.17. The lowest BCUT2D eigenvalue weighted by Gasteiger charge is -2.12. The third kappa shape index (κ3) is 4.39. The average Bonchev–Trinajstić information content (AvgIpc) is 2.54. The van der Waals surface area contributed by atoms with Crippen LogP contribution in [0.5, 0.6) is 0 Å². The van der Waals surface area contributed by atoms with Crippen molar-refractivity contribution < 1.29 is 4.79 Å². The summed E-state index contributed by atoms with van der Waals surface area (Å²) < 4.78 is 0. The maximum Gasteiger partial charge on any atom is 0.251 e. The van der Waals surface area contributed by atoms with Gasteiger partial charge in [0.1, 0.15) is 0 Å². The van der Waals surface area contributed by atoms with E-state index in [9.17, 15) is 4.79 Å². The van der Waals surface area contributed by atoms with Crippen molar-refractivity contribution in [2.75, 3.05) is 6.54 Å². The minimum atomic E-state index is -0.110. The molecule has 1 unspecified atom stereocenters. The van der Waals surface area contributed by atoms with Gasteiger partial charge in [-0.15, -0.1) is 0 Å². The Morgan fingerprint density at radius 3 is 2.76 bits per heavy atom. The van der Waals surface area contributed by atoms with Gasteiger partial charge in [0.2, 0.25) is 0 Å². The van der Waals surface area contributed by atoms with Crippen LogP contribution in [0.15, 0.2) is 48.7 Å². The quantitative estimate of drug-likeness (QED) is 0.856. The van der Waals surface area contributed by atoms with Crippen LogP contribution in [-0.4, -0.2) is 23.5 Å². The molecule has 0 saturated carbocycles. The molecule has 0 aliphatic carbocycles. The van der Waals surface area contributed by atoms with Crippen LogP contribution in [0.4, 0.5) is 0 Å². The number of nitrogens with two attached hydrogens (primary N) is 1. The monoisotopic (exact) mass is 283 g/mol. The van der Waals surface area contributed by atoms with Crippen LogP contribution in [0.25, 0.3) is 11.3 Å². The molecule has 1 amide bonds. The van der Waals surface area contributed by atoms with Crippen molar-refractivity contribution in [1.29, 1.82) is 0 Å². The van der Waals surface area contributed by atoms with E-state index in [0.29, 0.717) is 12.1 Å². The van der Waals surface area contributed by atoms with Gasteiger partial charge in [0.05, 0.1) is 5.69 Å². The number of carbonyl (C=O) groups is 1. The molecule has 1 atom stereocenters. The smallest absolute Gasteiger partial charge is 0.251 e. The number of pyridine rings is 1. The predicted octanol–water partition coefficient (Wildman–Crippen LogP) is 2.61. The number of carbonyl (C=O) groups excluding carboxylic acids is 1. The second kappa shape index (κ2) is 7.55. The number of benzene rings is 1. The number of amides is 1. The first-order valence-electron chi connectivity index (χ1n) is 7.26. The molecule has 4 nitrogen and oxygen atoms in total. The highest BCUT2D eigenvalue weighted by molar-refractivity contribution is 5.95. The number of rotatable bonds is 6. The number of hydrogen-bond acceptors (Lipinski definition) is 3. The van der Waals surface area contributed by atoms with Crippen LogP contribution in [-0.2, 0) is 0 Å². The van der Waals surface area contributed by atoms with Gasteiger partial charge in [-0.3, -0.25) is 9.78 Å². The van der Waals surface area contributed by atoms with Crippen molar-refractivity contribution in [2.45, 2.75) is 25.8 Å². The number of aromatic nitrogens is 1. The number of nitrogens with one attached hydrogen (secondary N) is 1. The second-order valence-electron chi connectivity index (χ2n) is 5.05. The van der Waals surface area contributed by atoms with Gasteiger partial charge in [-0.25, -0.2) is 0 Å². The molecule has 21 heavy (non-hydrogen) atoms. The van der Waals surface area contributed by atoms with E-state index in [2.05, 4.69) is 17.2 Å². The molecule has 0 bridgehead atoms. The SMILES string of the molecule is CCCC(N)CNC(=O)c1ccnc(-c2ccccc2)c1. The summed E-state index contributed by atoms with van der Waals surface area (Å²) in [6.45, 7) is 2.58. The predicted molar refractivity (Wildman–Crippen MR) is 84.9 cm³/mol. The van der Waals surface area contributed by atoms with E-state index in [1.807, 2.05) is 30.3 Å². The van der Waals surface area contributed by atoms with E-state index in [0.717, 1.165) is 24.1 Å². The van der Waals surface area contributed by atoms with Crippen LogP contribution in [0.1, 0.15) is 30.1 Å². The first-order chi connectivity index (χ1) is 10.2. The van der Waals surface area contributed by atoms with Gasteiger partial charge in [0.15, 0.2) is 0 Å². The van der Waals surface area contributed by atoms with E-state index in [1.165, 1.54) is 0 Å². The zero-order chi connectivity index (χ0) is 15.1. The van der Waals surface area contributed by atoms with E-state index >= 15 is 0 Å². The Morgan fingerprint density at radius 2 is 2.05 bits per heavy atom. The van der Waals surface area contributed by atoms with Gasteiger partial charge in [-0.2, -0.15) is 0 Å². The molecule has 0 saturated heterocycles. The summed E-state index contributed by atoms with van der Waals surface area (Å²) in [5.74, 6) is -0.110. The normalized spacial score (nSPS) is 11.9. The zero-order valence-electron chi connectivity index (χ0n) is 12.3. The Balaban J connectivity index is 2.05. The van der Waals surface area contributed by atoms with Crippen LogP contribution in [0, 0.1) is 0 Å². The van der Waals surface area contributed by atoms with Crippen molar-refractivity contribution in [1.82, 2.24) is 10.3 Å². The average molecular weight is 283 g/mol. The van der Waals surface area contributed by atoms with E-state index in [4.69, 9.17) is 5.73 Å². The molecule has 1 aromatic carbocycles.